The van der Waals surface area contributed by atoms with E-state index in [9.17, 15) is 4.79 Å². The Morgan fingerprint density at radius 3 is 2.31 bits per heavy atom. The Balaban J connectivity index is 3.76. The SMILES string of the molecule is CCOP(=S)(OCC)SCCSCC(=O)O. The molecule has 96 valence electrons. The summed E-state index contributed by atoms with van der Waals surface area (Å²) in [4.78, 5) is 10.3. The molecule has 0 spiro atoms. The van der Waals surface area contributed by atoms with Crippen LogP contribution in [0.25, 0.3) is 0 Å². The van der Waals surface area contributed by atoms with Gasteiger partial charge in [0.25, 0.3) is 0 Å². The van der Waals surface area contributed by atoms with Gasteiger partial charge in [0.2, 0.25) is 5.69 Å². The van der Waals surface area contributed by atoms with Gasteiger partial charge in [0.15, 0.2) is 0 Å². The fourth-order valence-corrected chi connectivity index (χ4v) is 6.69. The highest BCUT2D eigenvalue weighted by Gasteiger charge is 2.18. The van der Waals surface area contributed by atoms with Gasteiger partial charge in [-0.15, -0.1) is 11.8 Å². The average molecular weight is 304 g/mol. The zero-order valence-electron chi connectivity index (χ0n) is 9.38. The van der Waals surface area contributed by atoms with E-state index < -0.39 is 11.7 Å². The molecule has 0 amide bonds. The Hall–Kier alpha value is 0.740. The molecule has 0 heterocycles. The number of carboxylic acids is 1. The fraction of sp³-hybridized carbons (Fsp3) is 0.875. The molecule has 0 aromatic heterocycles. The molecular weight excluding hydrogens is 287 g/mol. The van der Waals surface area contributed by atoms with E-state index in [2.05, 4.69) is 0 Å². The lowest BCUT2D eigenvalue weighted by Gasteiger charge is -2.19. The van der Waals surface area contributed by atoms with Crippen LogP contribution in [-0.2, 0) is 25.6 Å². The summed E-state index contributed by atoms with van der Waals surface area (Å²) in [6.45, 7) is 4.87. The highest BCUT2D eigenvalue weighted by Crippen LogP contribution is 2.60. The normalized spacial score (nSPS) is 11.6. The molecule has 16 heavy (non-hydrogen) atoms. The van der Waals surface area contributed by atoms with Crippen molar-refractivity contribution in [1.82, 2.24) is 0 Å². The summed E-state index contributed by atoms with van der Waals surface area (Å²) in [7, 11) is 0. The quantitative estimate of drug-likeness (QED) is 0.492. The molecular formula is C8H17O4PS3. The van der Waals surface area contributed by atoms with Crippen molar-refractivity contribution in [2.45, 2.75) is 13.8 Å². The maximum Gasteiger partial charge on any atom is 0.313 e. The van der Waals surface area contributed by atoms with E-state index in [0.717, 1.165) is 11.5 Å². The second-order valence-electron chi connectivity index (χ2n) is 2.56. The molecule has 0 radical (unpaired) electrons. The zero-order chi connectivity index (χ0) is 12.4. The molecule has 0 unspecified atom stereocenters. The molecule has 0 atom stereocenters. The molecule has 0 aromatic carbocycles. The van der Waals surface area contributed by atoms with Gasteiger partial charge in [-0.1, -0.05) is 11.4 Å². The predicted molar refractivity (Wildman–Crippen MR) is 75.0 cm³/mol. The van der Waals surface area contributed by atoms with Crippen molar-refractivity contribution in [3.8, 4) is 0 Å². The molecule has 8 heteroatoms. The lowest BCUT2D eigenvalue weighted by Crippen LogP contribution is -2.00. The molecule has 0 bridgehead atoms. The maximum absolute atomic E-state index is 10.3. The highest BCUT2D eigenvalue weighted by atomic mass is 32.9. The standard InChI is InChI=1S/C8H17O4PS3/c1-3-11-13(14,12-4-2)16-6-5-15-7-8(9)10/h3-7H2,1-2H3,(H,9,10). The Labute approximate surface area is 110 Å². The lowest BCUT2D eigenvalue weighted by atomic mass is 10.8. The summed E-state index contributed by atoms with van der Waals surface area (Å²) >= 11 is 8.18. The van der Waals surface area contributed by atoms with Crippen LogP contribution in [-0.4, -0.2) is 41.5 Å². The average Bonchev–Trinajstić information content (AvgIpc) is 2.17. The topological polar surface area (TPSA) is 55.8 Å². The van der Waals surface area contributed by atoms with E-state index in [0.29, 0.717) is 13.2 Å². The number of carbonyl (C=O) groups is 1. The van der Waals surface area contributed by atoms with Crippen LogP contribution in [0, 0.1) is 0 Å². The van der Waals surface area contributed by atoms with Crippen LogP contribution in [0.5, 0.6) is 0 Å². The number of thioether (sulfide) groups is 1. The van der Waals surface area contributed by atoms with Crippen LogP contribution in [0.3, 0.4) is 0 Å². The Morgan fingerprint density at radius 1 is 1.31 bits per heavy atom. The van der Waals surface area contributed by atoms with Gasteiger partial charge in [-0.05, 0) is 25.7 Å². The minimum atomic E-state index is -2.19. The molecule has 0 saturated heterocycles. The minimum Gasteiger partial charge on any atom is -0.481 e. The van der Waals surface area contributed by atoms with Crippen LogP contribution < -0.4 is 0 Å². The molecule has 0 aliphatic heterocycles. The van der Waals surface area contributed by atoms with Gasteiger partial charge in [-0.25, -0.2) is 0 Å². The van der Waals surface area contributed by atoms with Crippen molar-refractivity contribution in [3.63, 3.8) is 0 Å². The van der Waals surface area contributed by atoms with Crippen LogP contribution >= 0.6 is 28.8 Å². The lowest BCUT2D eigenvalue weighted by molar-refractivity contribution is -0.133. The molecule has 1 N–H and O–H groups in total. The number of carboxylic acid groups (broad SMARTS) is 1. The largest absolute Gasteiger partial charge is 0.481 e. The Kier molecular flexibility index (Phi) is 10.2. The number of hydrogen-bond donors (Lipinski definition) is 1. The van der Waals surface area contributed by atoms with E-state index >= 15 is 0 Å². The summed E-state index contributed by atoms with van der Waals surface area (Å²) in [6.07, 6.45) is 0. The van der Waals surface area contributed by atoms with Crippen molar-refractivity contribution in [2.75, 3.05) is 30.5 Å². The van der Waals surface area contributed by atoms with Crippen molar-refractivity contribution in [2.24, 2.45) is 0 Å². The van der Waals surface area contributed by atoms with Gasteiger partial charge < -0.3 is 14.2 Å². The van der Waals surface area contributed by atoms with Gasteiger partial charge in [-0.2, -0.15) is 0 Å². The minimum absolute atomic E-state index is 0.132. The molecule has 0 aliphatic carbocycles. The summed E-state index contributed by atoms with van der Waals surface area (Å²) in [5.74, 6) is 0.848. The first-order valence-electron chi connectivity index (χ1n) is 4.87. The molecule has 0 aliphatic rings. The first kappa shape index (κ1) is 16.7. The third kappa shape index (κ3) is 8.84. The fourth-order valence-electron chi connectivity index (χ4n) is 0.796. The summed E-state index contributed by atoms with van der Waals surface area (Å²) in [5, 5.41) is 8.45. The summed E-state index contributed by atoms with van der Waals surface area (Å²) < 4.78 is 10.9. The van der Waals surface area contributed by atoms with Crippen molar-refractivity contribution in [3.05, 3.63) is 0 Å². The van der Waals surface area contributed by atoms with E-state index in [1.165, 1.54) is 23.1 Å². The second-order valence-corrected chi connectivity index (χ2v) is 10.1. The van der Waals surface area contributed by atoms with Gasteiger partial charge in [0.05, 0.1) is 19.0 Å². The molecule has 4 nitrogen and oxygen atoms in total. The van der Waals surface area contributed by atoms with Crippen molar-refractivity contribution in [1.29, 1.82) is 0 Å². The number of rotatable bonds is 10. The van der Waals surface area contributed by atoms with Gasteiger partial charge in [0.1, 0.15) is 0 Å². The second kappa shape index (κ2) is 9.74. The highest BCUT2D eigenvalue weighted by molar-refractivity contribution is 8.68. The number of aliphatic carboxylic acids is 1. The molecule has 0 fully saturated rings. The van der Waals surface area contributed by atoms with E-state index in [-0.39, 0.29) is 5.75 Å². The monoisotopic (exact) mass is 304 g/mol. The van der Waals surface area contributed by atoms with Crippen LogP contribution in [0.1, 0.15) is 13.8 Å². The number of hydrogen-bond acceptors (Lipinski definition) is 6. The van der Waals surface area contributed by atoms with Gasteiger partial charge in [0, 0.05) is 11.5 Å². The maximum atomic E-state index is 10.3. The Morgan fingerprint density at radius 2 is 1.88 bits per heavy atom. The smallest absolute Gasteiger partial charge is 0.313 e. The Bertz CT molecular complexity index is 239. The van der Waals surface area contributed by atoms with Gasteiger partial charge >= 0.3 is 5.97 Å². The van der Waals surface area contributed by atoms with Crippen molar-refractivity contribution < 1.29 is 18.9 Å². The van der Waals surface area contributed by atoms with Gasteiger partial charge in [-0.3, -0.25) is 4.79 Å². The summed E-state index contributed by atoms with van der Waals surface area (Å²) in [6, 6.07) is 0. The van der Waals surface area contributed by atoms with E-state index in [4.69, 9.17) is 26.0 Å². The first-order valence-corrected chi connectivity index (χ1v) is 10.3. The van der Waals surface area contributed by atoms with Crippen LogP contribution in [0.2, 0.25) is 0 Å². The van der Waals surface area contributed by atoms with Crippen molar-refractivity contribution >= 4 is 46.6 Å². The predicted octanol–water partition coefficient (Wildman–Crippen LogP) is 2.83. The first-order chi connectivity index (χ1) is 7.54. The third-order valence-corrected chi connectivity index (χ3v) is 8.04. The molecule has 0 rings (SSSR count). The van der Waals surface area contributed by atoms with Crippen LogP contribution in [0.4, 0.5) is 0 Å². The molecule has 0 aromatic rings. The van der Waals surface area contributed by atoms with Crippen LogP contribution in [0.15, 0.2) is 0 Å². The van der Waals surface area contributed by atoms with E-state index in [1.807, 2.05) is 13.8 Å². The third-order valence-electron chi connectivity index (χ3n) is 1.28. The zero-order valence-corrected chi connectivity index (χ0v) is 12.7. The summed E-state index contributed by atoms with van der Waals surface area (Å²) in [5.41, 5.74) is -2.19. The molecule has 0 saturated carbocycles. The van der Waals surface area contributed by atoms with E-state index in [1.54, 1.807) is 0 Å².